The van der Waals surface area contributed by atoms with Crippen LogP contribution in [0.15, 0.2) is 0 Å². The average Bonchev–Trinajstić information content (AvgIpc) is 2.74. The lowest BCUT2D eigenvalue weighted by molar-refractivity contribution is -0.144. The third-order valence-corrected chi connectivity index (χ3v) is 3.85. The monoisotopic (exact) mass is 257 g/mol. The normalized spacial score (nSPS) is 28.9. The van der Waals surface area contributed by atoms with E-state index in [9.17, 15) is 14.4 Å². The third-order valence-electron chi connectivity index (χ3n) is 2.97. The highest BCUT2D eigenvalue weighted by molar-refractivity contribution is 8.14. The van der Waals surface area contributed by atoms with Crippen molar-refractivity contribution in [1.82, 2.24) is 15.5 Å². The summed E-state index contributed by atoms with van der Waals surface area (Å²) in [5, 5.41) is 5.18. The Hall–Kier alpha value is -1.24. The molecule has 2 heterocycles. The Balaban J connectivity index is 2.06. The van der Waals surface area contributed by atoms with Crippen molar-refractivity contribution in [3.63, 3.8) is 0 Å². The molecule has 2 atom stereocenters. The van der Waals surface area contributed by atoms with Crippen LogP contribution < -0.4 is 10.6 Å². The van der Waals surface area contributed by atoms with Gasteiger partial charge in [-0.25, -0.2) is 0 Å². The molecule has 0 aromatic carbocycles. The number of nitrogens with one attached hydrogen (secondary N) is 2. The number of hydrogen-bond acceptors (Lipinski definition) is 4. The Morgan fingerprint density at radius 1 is 1.53 bits per heavy atom. The van der Waals surface area contributed by atoms with Crippen LogP contribution >= 0.6 is 11.8 Å². The molecule has 0 bridgehead atoms. The number of piperazine rings is 1. The lowest BCUT2D eigenvalue weighted by atomic mass is 10.1. The van der Waals surface area contributed by atoms with E-state index in [1.165, 1.54) is 0 Å². The highest BCUT2D eigenvalue weighted by atomic mass is 32.2. The van der Waals surface area contributed by atoms with Gasteiger partial charge in [0.05, 0.1) is 0 Å². The van der Waals surface area contributed by atoms with Crippen LogP contribution in [0.4, 0.5) is 4.79 Å². The first-order valence-corrected chi connectivity index (χ1v) is 6.63. The SMILES string of the molecule is CCC1C(=O)NCCN1C(=O)C1CSC(=O)N1. The van der Waals surface area contributed by atoms with Gasteiger partial charge in [0.15, 0.2) is 0 Å². The highest BCUT2D eigenvalue weighted by Crippen LogP contribution is 2.17. The van der Waals surface area contributed by atoms with Gasteiger partial charge in [-0.05, 0) is 6.42 Å². The molecule has 2 aliphatic rings. The fourth-order valence-corrected chi connectivity index (χ4v) is 2.87. The Labute approximate surface area is 103 Å². The topological polar surface area (TPSA) is 78.5 Å². The Morgan fingerprint density at radius 3 is 2.88 bits per heavy atom. The third kappa shape index (κ3) is 2.38. The molecule has 0 saturated carbocycles. The van der Waals surface area contributed by atoms with Crippen molar-refractivity contribution in [1.29, 1.82) is 0 Å². The van der Waals surface area contributed by atoms with Crippen molar-refractivity contribution in [3.05, 3.63) is 0 Å². The fraction of sp³-hybridized carbons (Fsp3) is 0.700. The van der Waals surface area contributed by atoms with E-state index < -0.39 is 12.1 Å². The Bertz CT molecular complexity index is 361. The van der Waals surface area contributed by atoms with Gasteiger partial charge in [-0.3, -0.25) is 14.4 Å². The van der Waals surface area contributed by atoms with Crippen LogP contribution in [-0.4, -0.2) is 52.9 Å². The molecule has 3 amide bonds. The van der Waals surface area contributed by atoms with E-state index in [-0.39, 0.29) is 17.1 Å². The molecular formula is C10H15N3O3S. The number of rotatable bonds is 2. The number of nitrogens with zero attached hydrogens (tertiary/aromatic N) is 1. The van der Waals surface area contributed by atoms with Crippen LogP contribution in [0.2, 0.25) is 0 Å². The molecule has 2 saturated heterocycles. The van der Waals surface area contributed by atoms with Gasteiger partial charge < -0.3 is 15.5 Å². The maximum atomic E-state index is 12.2. The van der Waals surface area contributed by atoms with E-state index in [4.69, 9.17) is 0 Å². The first-order chi connectivity index (χ1) is 8.13. The quantitative estimate of drug-likeness (QED) is 0.702. The first kappa shape index (κ1) is 12.2. The zero-order valence-electron chi connectivity index (χ0n) is 9.56. The molecule has 0 aromatic rings. The van der Waals surface area contributed by atoms with Crippen LogP contribution in [0.25, 0.3) is 0 Å². The van der Waals surface area contributed by atoms with E-state index in [0.29, 0.717) is 25.3 Å². The predicted octanol–water partition coefficient (Wildman–Crippen LogP) is -0.452. The standard InChI is InChI=1S/C10H15N3O3S/c1-2-7-8(14)11-3-4-13(7)9(15)6-5-17-10(16)12-6/h6-7H,2-5H2,1H3,(H,11,14)(H,12,16). The smallest absolute Gasteiger partial charge is 0.279 e. The number of hydrogen-bond donors (Lipinski definition) is 2. The summed E-state index contributed by atoms with van der Waals surface area (Å²) in [6.07, 6.45) is 0.589. The maximum Gasteiger partial charge on any atom is 0.279 e. The fourth-order valence-electron chi connectivity index (χ4n) is 2.10. The van der Waals surface area contributed by atoms with Crippen molar-refractivity contribution in [2.24, 2.45) is 0 Å². The van der Waals surface area contributed by atoms with Gasteiger partial charge in [-0.15, -0.1) is 0 Å². The van der Waals surface area contributed by atoms with E-state index in [1.54, 1.807) is 4.90 Å². The van der Waals surface area contributed by atoms with Gasteiger partial charge >= 0.3 is 0 Å². The van der Waals surface area contributed by atoms with Crippen LogP contribution in [0, 0.1) is 0 Å². The Morgan fingerprint density at radius 2 is 2.29 bits per heavy atom. The molecule has 0 aromatic heterocycles. The van der Waals surface area contributed by atoms with Gasteiger partial charge in [0.1, 0.15) is 12.1 Å². The minimum Gasteiger partial charge on any atom is -0.353 e. The van der Waals surface area contributed by atoms with E-state index in [1.807, 2.05) is 6.92 Å². The maximum absolute atomic E-state index is 12.2. The molecular weight excluding hydrogens is 242 g/mol. The van der Waals surface area contributed by atoms with Crippen molar-refractivity contribution >= 4 is 28.8 Å². The van der Waals surface area contributed by atoms with Gasteiger partial charge in [-0.1, -0.05) is 18.7 Å². The van der Waals surface area contributed by atoms with Gasteiger partial charge in [0, 0.05) is 18.8 Å². The predicted molar refractivity (Wildman–Crippen MR) is 63.6 cm³/mol. The summed E-state index contributed by atoms with van der Waals surface area (Å²) in [5.74, 6) is 0.195. The minimum atomic E-state index is -0.479. The molecule has 7 heteroatoms. The Kier molecular flexibility index (Phi) is 3.56. The van der Waals surface area contributed by atoms with Crippen molar-refractivity contribution in [2.75, 3.05) is 18.8 Å². The minimum absolute atomic E-state index is 0.107. The summed E-state index contributed by atoms with van der Waals surface area (Å²) in [6.45, 7) is 2.87. The lowest BCUT2D eigenvalue weighted by Gasteiger charge is -2.35. The summed E-state index contributed by atoms with van der Waals surface area (Å²) < 4.78 is 0. The number of carbonyl (C=O) groups is 3. The summed E-state index contributed by atoms with van der Waals surface area (Å²) in [5.41, 5.74) is 0. The van der Waals surface area contributed by atoms with Crippen molar-refractivity contribution in [3.8, 4) is 0 Å². The molecule has 0 aliphatic carbocycles. The number of amides is 3. The molecule has 2 aliphatic heterocycles. The molecule has 2 rings (SSSR count). The first-order valence-electron chi connectivity index (χ1n) is 5.65. The van der Waals surface area contributed by atoms with Crippen LogP contribution in [-0.2, 0) is 9.59 Å². The lowest BCUT2D eigenvalue weighted by Crippen LogP contribution is -2.60. The average molecular weight is 257 g/mol. The van der Waals surface area contributed by atoms with Gasteiger partial charge in [-0.2, -0.15) is 0 Å². The molecule has 0 spiro atoms. The number of carbonyl (C=O) groups excluding carboxylic acids is 3. The van der Waals surface area contributed by atoms with E-state index in [0.717, 1.165) is 11.8 Å². The highest BCUT2D eigenvalue weighted by Gasteiger charge is 2.37. The van der Waals surface area contributed by atoms with Crippen LogP contribution in [0.1, 0.15) is 13.3 Å². The van der Waals surface area contributed by atoms with Crippen molar-refractivity contribution in [2.45, 2.75) is 25.4 Å². The summed E-state index contributed by atoms with van der Waals surface area (Å²) in [6, 6.07) is -0.883. The molecule has 2 fully saturated rings. The van der Waals surface area contributed by atoms with Gasteiger partial charge in [0.2, 0.25) is 11.8 Å². The summed E-state index contributed by atoms with van der Waals surface area (Å²) >= 11 is 1.11. The zero-order chi connectivity index (χ0) is 12.4. The molecule has 2 N–H and O–H groups in total. The molecule has 2 unspecified atom stereocenters. The molecule has 6 nitrogen and oxygen atoms in total. The molecule has 0 radical (unpaired) electrons. The molecule has 94 valence electrons. The second-order valence-corrected chi connectivity index (χ2v) is 5.03. The summed E-state index contributed by atoms with van der Waals surface area (Å²) in [7, 11) is 0. The van der Waals surface area contributed by atoms with Crippen molar-refractivity contribution < 1.29 is 14.4 Å². The van der Waals surface area contributed by atoms with Crippen LogP contribution in [0.3, 0.4) is 0 Å². The zero-order valence-corrected chi connectivity index (χ0v) is 10.4. The van der Waals surface area contributed by atoms with Gasteiger partial charge in [0.25, 0.3) is 5.24 Å². The second-order valence-electron chi connectivity index (χ2n) is 4.04. The molecule has 17 heavy (non-hydrogen) atoms. The van der Waals surface area contributed by atoms with E-state index in [2.05, 4.69) is 10.6 Å². The second kappa shape index (κ2) is 4.95. The van der Waals surface area contributed by atoms with Crippen LogP contribution in [0.5, 0.6) is 0 Å². The number of thioether (sulfide) groups is 1. The summed E-state index contributed by atoms with van der Waals surface area (Å²) in [4.78, 5) is 36.4. The van der Waals surface area contributed by atoms with E-state index >= 15 is 0 Å². The largest absolute Gasteiger partial charge is 0.353 e.